The van der Waals surface area contributed by atoms with Gasteiger partial charge in [0, 0.05) is 12.6 Å². The smallest absolute Gasteiger partial charge is 0.315 e. The Morgan fingerprint density at radius 1 is 1.26 bits per heavy atom. The van der Waals surface area contributed by atoms with Crippen LogP contribution in [0.2, 0.25) is 0 Å². The molecule has 0 saturated carbocycles. The maximum atomic E-state index is 11.9. The summed E-state index contributed by atoms with van der Waals surface area (Å²) in [5.74, 6) is 0.468. The fraction of sp³-hybridized carbons (Fsp3) is 0.588. The normalized spacial score (nSPS) is 20.9. The summed E-state index contributed by atoms with van der Waals surface area (Å²) >= 11 is 0. The molecule has 0 spiro atoms. The topological polar surface area (TPSA) is 75.3 Å². The number of urea groups is 1. The molecular formula is C17H26N2O3S. The molecular weight excluding hydrogens is 312 g/mol. The number of benzene rings is 1. The third-order valence-corrected chi connectivity index (χ3v) is 5.92. The van der Waals surface area contributed by atoms with Gasteiger partial charge in [-0.05, 0) is 45.1 Å². The quantitative estimate of drug-likeness (QED) is 0.862. The number of rotatable bonds is 5. The van der Waals surface area contributed by atoms with Gasteiger partial charge in [-0.15, -0.1) is 0 Å². The van der Waals surface area contributed by atoms with Crippen LogP contribution in [-0.2, 0) is 16.3 Å². The van der Waals surface area contributed by atoms with Crippen molar-refractivity contribution in [2.24, 2.45) is 5.92 Å². The molecule has 1 fully saturated rings. The maximum Gasteiger partial charge on any atom is 0.315 e. The summed E-state index contributed by atoms with van der Waals surface area (Å²) in [6, 6.07) is 6.18. The highest BCUT2D eigenvalue weighted by atomic mass is 32.2. The van der Waals surface area contributed by atoms with Gasteiger partial charge >= 0.3 is 6.03 Å². The van der Waals surface area contributed by atoms with Crippen LogP contribution in [0.1, 0.15) is 30.0 Å². The average Bonchev–Trinajstić information content (AvgIpc) is 2.74. The third kappa shape index (κ3) is 5.86. The zero-order valence-corrected chi connectivity index (χ0v) is 14.9. The summed E-state index contributed by atoms with van der Waals surface area (Å²) in [5, 5.41) is 5.70. The number of hydrogen-bond donors (Lipinski definition) is 2. The molecule has 1 aromatic carbocycles. The Morgan fingerprint density at radius 2 is 1.91 bits per heavy atom. The minimum Gasteiger partial charge on any atom is -0.338 e. The highest BCUT2D eigenvalue weighted by Gasteiger charge is 2.27. The molecule has 23 heavy (non-hydrogen) atoms. The Balaban J connectivity index is 1.76. The van der Waals surface area contributed by atoms with E-state index >= 15 is 0 Å². The van der Waals surface area contributed by atoms with E-state index in [1.807, 2.05) is 6.92 Å². The zero-order chi connectivity index (χ0) is 17.0. The second-order valence-corrected chi connectivity index (χ2v) is 8.95. The zero-order valence-electron chi connectivity index (χ0n) is 14.1. The molecule has 6 heteroatoms. The predicted molar refractivity (Wildman–Crippen MR) is 92.4 cm³/mol. The summed E-state index contributed by atoms with van der Waals surface area (Å²) in [6.07, 6.45) is 1.41. The van der Waals surface area contributed by atoms with Crippen LogP contribution >= 0.6 is 0 Å². The number of carbonyl (C=O) groups is 1. The van der Waals surface area contributed by atoms with Gasteiger partial charge in [0.25, 0.3) is 0 Å². The second-order valence-electron chi connectivity index (χ2n) is 6.72. The Morgan fingerprint density at radius 3 is 2.48 bits per heavy atom. The van der Waals surface area contributed by atoms with Gasteiger partial charge in [0.05, 0.1) is 11.5 Å². The first-order valence-corrected chi connectivity index (χ1v) is 9.87. The van der Waals surface area contributed by atoms with Crippen LogP contribution in [0.5, 0.6) is 0 Å². The molecule has 0 bridgehead atoms. The molecule has 1 aliphatic heterocycles. The molecule has 2 rings (SSSR count). The monoisotopic (exact) mass is 338 g/mol. The van der Waals surface area contributed by atoms with Crippen molar-refractivity contribution in [3.63, 3.8) is 0 Å². The Kier molecular flexibility index (Phi) is 5.68. The molecule has 0 aromatic heterocycles. The summed E-state index contributed by atoms with van der Waals surface area (Å²) in [5.41, 5.74) is 3.65. The SMILES string of the molecule is Cc1cc(C)cc(C[C@H](C)NC(=O)NC[C@@H]2CCS(=O)(=O)C2)c1. The average molecular weight is 338 g/mol. The molecule has 5 nitrogen and oxygen atoms in total. The van der Waals surface area contributed by atoms with E-state index in [0.717, 1.165) is 6.42 Å². The van der Waals surface area contributed by atoms with Crippen LogP contribution in [0.25, 0.3) is 0 Å². The molecule has 128 valence electrons. The van der Waals surface area contributed by atoms with Crippen molar-refractivity contribution in [1.82, 2.24) is 10.6 Å². The number of sulfone groups is 1. The predicted octanol–water partition coefficient (Wildman–Crippen LogP) is 1.97. The lowest BCUT2D eigenvalue weighted by molar-refractivity contribution is 0.236. The van der Waals surface area contributed by atoms with Crippen LogP contribution in [0.15, 0.2) is 18.2 Å². The Labute approximate surface area is 138 Å². The van der Waals surface area contributed by atoms with Crippen molar-refractivity contribution in [2.75, 3.05) is 18.1 Å². The summed E-state index contributed by atoms with van der Waals surface area (Å²) in [4.78, 5) is 11.9. The van der Waals surface area contributed by atoms with E-state index in [0.29, 0.717) is 13.0 Å². The van der Waals surface area contributed by atoms with E-state index in [4.69, 9.17) is 0 Å². The largest absolute Gasteiger partial charge is 0.338 e. The van der Waals surface area contributed by atoms with Crippen LogP contribution in [0.3, 0.4) is 0 Å². The Bertz CT molecular complexity index is 650. The highest BCUT2D eigenvalue weighted by molar-refractivity contribution is 7.91. The van der Waals surface area contributed by atoms with Crippen LogP contribution in [0.4, 0.5) is 4.79 Å². The van der Waals surface area contributed by atoms with Gasteiger partial charge in [-0.1, -0.05) is 29.3 Å². The van der Waals surface area contributed by atoms with Crippen molar-refractivity contribution in [1.29, 1.82) is 0 Å². The molecule has 1 heterocycles. The molecule has 1 saturated heterocycles. The molecule has 0 unspecified atom stereocenters. The van der Waals surface area contributed by atoms with Crippen molar-refractivity contribution in [2.45, 2.75) is 39.7 Å². The Hall–Kier alpha value is -1.56. The first-order valence-electron chi connectivity index (χ1n) is 8.05. The van der Waals surface area contributed by atoms with E-state index in [2.05, 4.69) is 42.7 Å². The molecule has 2 atom stereocenters. The van der Waals surface area contributed by atoms with Crippen LogP contribution in [-0.4, -0.2) is 38.5 Å². The van der Waals surface area contributed by atoms with Crippen molar-refractivity contribution >= 4 is 15.9 Å². The standard InChI is InChI=1S/C17H26N2O3S/c1-12-6-13(2)8-16(7-12)9-14(3)19-17(20)18-10-15-4-5-23(21,22)11-15/h6-8,14-15H,4-5,9-11H2,1-3H3,(H2,18,19,20)/t14-,15-/m0/s1. The number of hydrogen-bond acceptors (Lipinski definition) is 3. The number of amides is 2. The second kappa shape index (κ2) is 7.34. The van der Waals surface area contributed by atoms with E-state index < -0.39 is 9.84 Å². The van der Waals surface area contributed by atoms with Crippen LogP contribution in [0, 0.1) is 19.8 Å². The fourth-order valence-electron chi connectivity index (χ4n) is 3.14. The van der Waals surface area contributed by atoms with Gasteiger partial charge in [0.15, 0.2) is 9.84 Å². The van der Waals surface area contributed by atoms with E-state index in [9.17, 15) is 13.2 Å². The van der Waals surface area contributed by atoms with Crippen molar-refractivity contribution in [3.05, 3.63) is 34.9 Å². The minimum absolute atomic E-state index is 0.0171. The first-order chi connectivity index (χ1) is 10.7. The fourth-order valence-corrected chi connectivity index (χ4v) is 5.00. The van der Waals surface area contributed by atoms with Gasteiger partial charge in [-0.2, -0.15) is 0 Å². The van der Waals surface area contributed by atoms with Crippen LogP contribution < -0.4 is 10.6 Å². The summed E-state index contributed by atoms with van der Waals surface area (Å²) < 4.78 is 22.8. The molecule has 1 aromatic rings. The van der Waals surface area contributed by atoms with Gasteiger partial charge < -0.3 is 10.6 Å². The van der Waals surface area contributed by atoms with E-state index in [-0.39, 0.29) is 29.5 Å². The highest BCUT2D eigenvalue weighted by Crippen LogP contribution is 2.17. The summed E-state index contributed by atoms with van der Waals surface area (Å²) in [7, 11) is -2.89. The van der Waals surface area contributed by atoms with Gasteiger partial charge in [-0.3, -0.25) is 0 Å². The first kappa shape index (κ1) is 17.8. The van der Waals surface area contributed by atoms with E-state index in [1.165, 1.54) is 16.7 Å². The molecule has 0 aliphatic carbocycles. The number of aryl methyl sites for hydroxylation is 2. The van der Waals surface area contributed by atoms with Crippen molar-refractivity contribution in [3.8, 4) is 0 Å². The molecule has 0 radical (unpaired) electrons. The number of carbonyl (C=O) groups excluding carboxylic acids is 1. The minimum atomic E-state index is -2.89. The molecule has 1 aliphatic rings. The lowest BCUT2D eigenvalue weighted by Gasteiger charge is -2.16. The van der Waals surface area contributed by atoms with Gasteiger partial charge in [-0.25, -0.2) is 13.2 Å². The lowest BCUT2D eigenvalue weighted by Crippen LogP contribution is -2.43. The third-order valence-electron chi connectivity index (χ3n) is 4.08. The summed E-state index contributed by atoms with van der Waals surface area (Å²) in [6.45, 7) is 6.52. The van der Waals surface area contributed by atoms with E-state index in [1.54, 1.807) is 0 Å². The molecule has 2 amide bonds. The lowest BCUT2D eigenvalue weighted by atomic mass is 10.0. The maximum absolute atomic E-state index is 11.9. The van der Waals surface area contributed by atoms with Crippen molar-refractivity contribution < 1.29 is 13.2 Å². The molecule has 2 N–H and O–H groups in total. The number of nitrogens with one attached hydrogen (secondary N) is 2. The van der Waals surface area contributed by atoms with Gasteiger partial charge in [0.2, 0.25) is 0 Å². The van der Waals surface area contributed by atoms with Gasteiger partial charge in [0.1, 0.15) is 0 Å².